The van der Waals surface area contributed by atoms with Gasteiger partial charge in [0, 0.05) is 10.9 Å². The van der Waals surface area contributed by atoms with Gasteiger partial charge >= 0.3 is 0 Å². The lowest BCUT2D eigenvalue weighted by molar-refractivity contribution is 0.818. The van der Waals surface area contributed by atoms with Crippen molar-refractivity contribution < 1.29 is 0 Å². The molecule has 0 amide bonds. The van der Waals surface area contributed by atoms with E-state index in [0.29, 0.717) is 0 Å². The van der Waals surface area contributed by atoms with E-state index in [9.17, 15) is 0 Å². The Morgan fingerprint density at radius 2 is 1.86 bits per heavy atom. The van der Waals surface area contributed by atoms with E-state index >= 15 is 0 Å². The Bertz CT molecular complexity index is 387. The van der Waals surface area contributed by atoms with Gasteiger partial charge in [-0.3, -0.25) is 0 Å². The fourth-order valence-corrected chi connectivity index (χ4v) is 2.13. The normalized spacial score (nSPS) is 12.7. The third-order valence-electron chi connectivity index (χ3n) is 2.24. The van der Waals surface area contributed by atoms with E-state index in [2.05, 4.69) is 41.8 Å². The minimum atomic E-state index is 0.118. The van der Waals surface area contributed by atoms with Crippen molar-refractivity contribution in [2.75, 3.05) is 0 Å². The van der Waals surface area contributed by atoms with Gasteiger partial charge in [0.15, 0.2) is 0 Å². The Morgan fingerprint density at radius 1 is 1.14 bits per heavy atom. The number of hydrogen-bond acceptors (Lipinski definition) is 2. The van der Waals surface area contributed by atoms with Gasteiger partial charge in [-0.1, -0.05) is 30.3 Å². The Kier molecular flexibility index (Phi) is 2.66. The van der Waals surface area contributed by atoms with Gasteiger partial charge in [-0.25, -0.2) is 0 Å². The van der Waals surface area contributed by atoms with Gasteiger partial charge in [-0.05, 0) is 29.5 Å². The van der Waals surface area contributed by atoms with Gasteiger partial charge in [0.1, 0.15) is 0 Å². The summed E-state index contributed by atoms with van der Waals surface area (Å²) in [6.45, 7) is 2.00. The van der Waals surface area contributed by atoms with Gasteiger partial charge < -0.3 is 5.73 Å². The monoisotopic (exact) mass is 203 g/mol. The van der Waals surface area contributed by atoms with Gasteiger partial charge in [0.05, 0.1) is 0 Å². The van der Waals surface area contributed by atoms with Crippen LogP contribution in [0.25, 0.3) is 10.4 Å². The van der Waals surface area contributed by atoms with Crippen LogP contribution in [0.3, 0.4) is 0 Å². The minimum Gasteiger partial charge on any atom is -0.324 e. The summed E-state index contributed by atoms with van der Waals surface area (Å²) in [5.74, 6) is 0. The zero-order valence-corrected chi connectivity index (χ0v) is 8.92. The minimum absolute atomic E-state index is 0.118. The Hall–Kier alpha value is -1.12. The lowest BCUT2D eigenvalue weighted by Gasteiger charge is -2.05. The first-order valence-corrected chi connectivity index (χ1v) is 5.55. The highest BCUT2D eigenvalue weighted by atomic mass is 32.1. The highest BCUT2D eigenvalue weighted by Gasteiger charge is 2.00. The van der Waals surface area contributed by atoms with E-state index in [1.54, 1.807) is 11.3 Å². The fraction of sp³-hybridized carbons (Fsp3) is 0.167. The molecule has 1 aromatic carbocycles. The van der Waals surface area contributed by atoms with Gasteiger partial charge in [0.25, 0.3) is 0 Å². The topological polar surface area (TPSA) is 26.0 Å². The van der Waals surface area contributed by atoms with Crippen LogP contribution in [0.15, 0.2) is 41.8 Å². The third kappa shape index (κ3) is 1.86. The lowest BCUT2D eigenvalue weighted by Crippen LogP contribution is -2.04. The number of rotatable bonds is 2. The second-order valence-corrected chi connectivity index (χ2v) is 4.34. The molecule has 2 N–H and O–H groups in total. The van der Waals surface area contributed by atoms with Crippen LogP contribution in [0.2, 0.25) is 0 Å². The van der Waals surface area contributed by atoms with Crippen LogP contribution >= 0.6 is 11.3 Å². The summed E-state index contributed by atoms with van der Waals surface area (Å²) in [5, 5.41) is 2.09. The van der Waals surface area contributed by atoms with Crippen LogP contribution in [0.1, 0.15) is 18.5 Å². The smallest absolute Gasteiger partial charge is 0.0342 e. The molecule has 1 atom stereocenters. The molecule has 0 aliphatic heterocycles. The average molecular weight is 203 g/mol. The fourth-order valence-electron chi connectivity index (χ4n) is 1.39. The van der Waals surface area contributed by atoms with Crippen molar-refractivity contribution in [1.82, 2.24) is 0 Å². The van der Waals surface area contributed by atoms with Crippen LogP contribution in [0.5, 0.6) is 0 Å². The second kappa shape index (κ2) is 3.95. The van der Waals surface area contributed by atoms with Crippen molar-refractivity contribution >= 4 is 11.3 Å². The molecule has 72 valence electrons. The lowest BCUT2D eigenvalue weighted by atomic mass is 10.1. The van der Waals surface area contributed by atoms with Crippen molar-refractivity contribution in [3.8, 4) is 10.4 Å². The zero-order chi connectivity index (χ0) is 9.97. The van der Waals surface area contributed by atoms with E-state index in [1.807, 2.05) is 6.92 Å². The maximum absolute atomic E-state index is 5.79. The summed E-state index contributed by atoms with van der Waals surface area (Å²) in [7, 11) is 0. The third-order valence-corrected chi connectivity index (χ3v) is 3.16. The molecule has 0 bridgehead atoms. The highest BCUT2D eigenvalue weighted by molar-refractivity contribution is 7.13. The maximum atomic E-state index is 5.79. The maximum Gasteiger partial charge on any atom is 0.0342 e. The van der Waals surface area contributed by atoms with E-state index in [-0.39, 0.29) is 6.04 Å². The summed E-state index contributed by atoms with van der Waals surface area (Å²) < 4.78 is 0. The molecule has 0 saturated heterocycles. The molecule has 1 heterocycles. The standard InChI is InChI=1S/C12H13NS/c1-9(13)10-4-6-11(7-5-10)12-3-2-8-14-12/h2-9H,13H2,1H3/t9-/m0/s1. The quantitative estimate of drug-likeness (QED) is 0.795. The molecule has 0 unspecified atom stereocenters. The summed E-state index contributed by atoms with van der Waals surface area (Å²) in [6.07, 6.45) is 0. The Balaban J connectivity index is 2.31. The molecule has 0 spiro atoms. The summed E-state index contributed by atoms with van der Waals surface area (Å²) >= 11 is 1.76. The molecule has 0 aliphatic carbocycles. The predicted molar refractivity (Wildman–Crippen MR) is 62.4 cm³/mol. The van der Waals surface area contributed by atoms with Crippen molar-refractivity contribution in [3.63, 3.8) is 0 Å². The van der Waals surface area contributed by atoms with Crippen LogP contribution in [0, 0.1) is 0 Å². The molecular weight excluding hydrogens is 190 g/mol. The molecule has 2 aromatic rings. The van der Waals surface area contributed by atoms with Gasteiger partial charge in [-0.15, -0.1) is 11.3 Å². The van der Waals surface area contributed by atoms with Gasteiger partial charge in [-0.2, -0.15) is 0 Å². The molecule has 1 nitrogen and oxygen atoms in total. The van der Waals surface area contributed by atoms with Gasteiger partial charge in [0.2, 0.25) is 0 Å². The Labute approximate surface area is 88.2 Å². The van der Waals surface area contributed by atoms with Crippen molar-refractivity contribution in [3.05, 3.63) is 47.3 Å². The second-order valence-electron chi connectivity index (χ2n) is 3.39. The number of nitrogens with two attached hydrogens (primary N) is 1. The van der Waals surface area contributed by atoms with Crippen LogP contribution in [-0.4, -0.2) is 0 Å². The van der Waals surface area contributed by atoms with E-state index in [1.165, 1.54) is 16.0 Å². The predicted octanol–water partition coefficient (Wildman–Crippen LogP) is 3.43. The van der Waals surface area contributed by atoms with Crippen LogP contribution < -0.4 is 5.73 Å². The molecule has 0 saturated carbocycles. The SMILES string of the molecule is C[C@H](N)c1ccc(-c2cccs2)cc1. The van der Waals surface area contributed by atoms with Crippen molar-refractivity contribution in [2.24, 2.45) is 5.73 Å². The molecule has 0 radical (unpaired) electrons. The zero-order valence-electron chi connectivity index (χ0n) is 8.10. The van der Waals surface area contributed by atoms with E-state index in [0.717, 1.165) is 0 Å². The molecule has 2 heteroatoms. The first-order valence-electron chi connectivity index (χ1n) is 4.67. The number of thiophene rings is 1. The number of benzene rings is 1. The summed E-state index contributed by atoms with van der Waals surface area (Å²) in [5.41, 5.74) is 8.24. The van der Waals surface area contributed by atoms with Crippen LogP contribution in [0.4, 0.5) is 0 Å². The van der Waals surface area contributed by atoms with Crippen LogP contribution in [-0.2, 0) is 0 Å². The molecule has 14 heavy (non-hydrogen) atoms. The molecular formula is C12H13NS. The van der Waals surface area contributed by atoms with E-state index in [4.69, 9.17) is 5.73 Å². The molecule has 0 fully saturated rings. The van der Waals surface area contributed by atoms with E-state index < -0.39 is 0 Å². The summed E-state index contributed by atoms with van der Waals surface area (Å²) in [6, 6.07) is 12.8. The summed E-state index contributed by atoms with van der Waals surface area (Å²) in [4.78, 5) is 1.31. The molecule has 1 aromatic heterocycles. The number of hydrogen-bond donors (Lipinski definition) is 1. The average Bonchev–Trinajstić information content (AvgIpc) is 2.71. The highest BCUT2D eigenvalue weighted by Crippen LogP contribution is 2.25. The van der Waals surface area contributed by atoms with Crippen molar-refractivity contribution in [1.29, 1.82) is 0 Å². The van der Waals surface area contributed by atoms with Crippen molar-refractivity contribution in [2.45, 2.75) is 13.0 Å². The molecule has 2 rings (SSSR count). The first-order chi connectivity index (χ1) is 6.77. The largest absolute Gasteiger partial charge is 0.324 e. The molecule has 0 aliphatic rings. The Morgan fingerprint density at radius 3 is 2.36 bits per heavy atom. The first kappa shape index (κ1) is 9.44.